The van der Waals surface area contributed by atoms with Crippen molar-refractivity contribution in [2.24, 2.45) is 4.99 Å². The van der Waals surface area contributed by atoms with Gasteiger partial charge in [-0.3, -0.25) is 0 Å². The first-order chi connectivity index (χ1) is 16.0. The lowest BCUT2D eigenvalue weighted by Crippen LogP contribution is -2.48. The average Bonchev–Trinajstić information content (AvgIpc) is 3.29. The molecule has 0 aliphatic carbocycles. The van der Waals surface area contributed by atoms with E-state index in [9.17, 15) is 4.39 Å². The summed E-state index contributed by atoms with van der Waals surface area (Å²) in [6.07, 6.45) is 4.74. The molecular formula is C25H23FN4O3. The quantitative estimate of drug-likeness (QED) is 0.547. The zero-order valence-electron chi connectivity index (χ0n) is 18.4. The molecule has 1 atom stereocenters. The monoisotopic (exact) mass is 446 g/mol. The Kier molecular flexibility index (Phi) is 4.42. The number of hydrogen-bond acceptors (Lipinski definition) is 7. The molecule has 5 heterocycles. The molecule has 2 aromatic heterocycles. The number of halogens is 1. The number of aliphatic imine (C=N–C) groups is 1. The van der Waals surface area contributed by atoms with E-state index >= 15 is 0 Å². The maximum atomic E-state index is 14.4. The number of morpholine rings is 1. The Labute approximate surface area is 190 Å². The molecule has 0 bridgehead atoms. The van der Waals surface area contributed by atoms with Crippen LogP contribution in [0.4, 0.5) is 10.1 Å². The molecule has 0 radical (unpaired) electrons. The van der Waals surface area contributed by atoms with Crippen LogP contribution in [0.15, 0.2) is 53.8 Å². The summed E-state index contributed by atoms with van der Waals surface area (Å²) in [5.74, 6) is 0.612. The van der Waals surface area contributed by atoms with Crippen molar-refractivity contribution in [2.45, 2.75) is 25.0 Å². The molecule has 0 unspecified atom stereocenters. The molecule has 1 saturated heterocycles. The Morgan fingerprint density at radius 2 is 2.00 bits per heavy atom. The van der Waals surface area contributed by atoms with E-state index in [0.29, 0.717) is 36.0 Å². The topological polar surface area (TPSA) is 69.1 Å². The smallest absolute Gasteiger partial charge is 0.225 e. The second-order valence-electron chi connectivity index (χ2n) is 9.14. The van der Waals surface area contributed by atoms with E-state index in [2.05, 4.69) is 34.8 Å². The Morgan fingerprint density at radius 1 is 1.09 bits per heavy atom. The van der Waals surface area contributed by atoms with Crippen LogP contribution in [0.1, 0.15) is 25.0 Å². The van der Waals surface area contributed by atoms with Gasteiger partial charge in [0.2, 0.25) is 11.8 Å². The summed E-state index contributed by atoms with van der Waals surface area (Å²) in [4.78, 5) is 15.5. The summed E-state index contributed by atoms with van der Waals surface area (Å²) in [5, 5.41) is 0. The fourth-order valence-electron chi connectivity index (χ4n) is 4.81. The molecule has 1 aromatic carbocycles. The standard InChI is InChI=1S/C25H23FN4O3/c1-24(2)13-30(8-9-32-24)17-11-20-23(28-12-17)33-21-6-5-16(18-4-3-7-27-22(18)26)10-19(21)25(20)14-31-15-29-25/h3-7,10-12,15H,8-9,13-14H2,1-2H3/t25-/m0/s1. The lowest BCUT2D eigenvalue weighted by molar-refractivity contribution is -0.0277. The molecule has 168 valence electrons. The number of rotatable bonds is 2. The molecule has 3 aliphatic rings. The SMILES string of the molecule is CC1(C)CN(c2cnc3c(c2)[C@]2(COC=N2)c2cc(-c4cccnc4F)ccc2O3)CCO1. The number of hydrogen-bond donors (Lipinski definition) is 0. The number of fused-ring (bicyclic) bond motifs is 4. The summed E-state index contributed by atoms with van der Waals surface area (Å²) in [6.45, 7) is 6.66. The molecule has 0 saturated carbocycles. The largest absolute Gasteiger partial charge is 0.480 e. The minimum Gasteiger partial charge on any atom is -0.480 e. The molecule has 3 aromatic rings. The molecular weight excluding hydrogens is 423 g/mol. The summed E-state index contributed by atoms with van der Waals surface area (Å²) in [5.41, 5.74) is 2.68. The highest BCUT2D eigenvalue weighted by Gasteiger charge is 2.46. The van der Waals surface area contributed by atoms with Gasteiger partial charge in [0.1, 0.15) is 12.4 Å². The third-order valence-corrected chi connectivity index (χ3v) is 6.41. The fourth-order valence-corrected chi connectivity index (χ4v) is 4.81. The number of anilines is 1. The molecule has 8 heteroatoms. The Balaban J connectivity index is 1.47. The van der Waals surface area contributed by atoms with Crippen molar-refractivity contribution in [2.75, 3.05) is 31.2 Å². The number of benzene rings is 1. The van der Waals surface area contributed by atoms with Gasteiger partial charge in [0.05, 0.1) is 29.7 Å². The van der Waals surface area contributed by atoms with Crippen molar-refractivity contribution in [1.82, 2.24) is 9.97 Å². The third kappa shape index (κ3) is 3.24. The van der Waals surface area contributed by atoms with Crippen LogP contribution in [-0.2, 0) is 15.0 Å². The Bertz CT molecular complexity index is 1280. The molecule has 0 N–H and O–H groups in total. The van der Waals surface area contributed by atoms with Gasteiger partial charge in [0.15, 0.2) is 11.9 Å². The molecule has 3 aliphatic heterocycles. The van der Waals surface area contributed by atoms with Gasteiger partial charge in [-0.1, -0.05) is 6.07 Å². The minimum absolute atomic E-state index is 0.244. The molecule has 1 spiro atoms. The Hall–Kier alpha value is -3.52. The van der Waals surface area contributed by atoms with Gasteiger partial charge in [0.25, 0.3) is 0 Å². The third-order valence-electron chi connectivity index (χ3n) is 6.41. The van der Waals surface area contributed by atoms with Gasteiger partial charge in [-0.15, -0.1) is 0 Å². The van der Waals surface area contributed by atoms with Gasteiger partial charge in [0, 0.05) is 30.4 Å². The predicted molar refractivity (Wildman–Crippen MR) is 121 cm³/mol. The first-order valence-corrected chi connectivity index (χ1v) is 10.9. The van der Waals surface area contributed by atoms with Gasteiger partial charge >= 0.3 is 0 Å². The number of pyridine rings is 2. The Morgan fingerprint density at radius 3 is 2.79 bits per heavy atom. The minimum atomic E-state index is -0.817. The van der Waals surface area contributed by atoms with Crippen molar-refractivity contribution in [3.05, 3.63) is 65.9 Å². The first kappa shape index (κ1) is 20.1. The second-order valence-corrected chi connectivity index (χ2v) is 9.14. The molecule has 7 nitrogen and oxygen atoms in total. The second kappa shape index (κ2) is 7.25. The number of nitrogens with zero attached hydrogens (tertiary/aromatic N) is 4. The summed E-state index contributed by atoms with van der Waals surface area (Å²) in [6, 6.07) is 11.1. The summed E-state index contributed by atoms with van der Waals surface area (Å²) in [7, 11) is 0. The average molecular weight is 446 g/mol. The summed E-state index contributed by atoms with van der Waals surface area (Å²) < 4.78 is 32.1. The zero-order valence-corrected chi connectivity index (χ0v) is 18.4. The highest BCUT2D eigenvalue weighted by Crippen LogP contribution is 2.51. The molecule has 1 fully saturated rings. The lowest BCUT2D eigenvalue weighted by atomic mass is 9.81. The van der Waals surface area contributed by atoms with Crippen molar-refractivity contribution in [1.29, 1.82) is 0 Å². The van der Waals surface area contributed by atoms with Crippen molar-refractivity contribution in [3.63, 3.8) is 0 Å². The number of aromatic nitrogens is 2. The maximum Gasteiger partial charge on any atom is 0.225 e. The molecule has 6 rings (SSSR count). The lowest BCUT2D eigenvalue weighted by Gasteiger charge is -2.40. The van der Waals surface area contributed by atoms with E-state index in [1.165, 1.54) is 12.6 Å². The van der Waals surface area contributed by atoms with E-state index in [1.54, 1.807) is 12.1 Å². The van der Waals surface area contributed by atoms with Gasteiger partial charge in [-0.05, 0) is 49.7 Å². The maximum absolute atomic E-state index is 14.4. The fraction of sp³-hybridized carbons (Fsp3) is 0.320. The van der Waals surface area contributed by atoms with E-state index in [-0.39, 0.29) is 5.60 Å². The van der Waals surface area contributed by atoms with Crippen LogP contribution in [0.2, 0.25) is 0 Å². The molecule has 0 amide bonds. The van der Waals surface area contributed by atoms with E-state index < -0.39 is 11.5 Å². The van der Waals surface area contributed by atoms with Crippen LogP contribution >= 0.6 is 0 Å². The van der Waals surface area contributed by atoms with Crippen molar-refractivity contribution in [3.8, 4) is 22.8 Å². The predicted octanol–water partition coefficient (Wildman–Crippen LogP) is 4.31. The van der Waals surface area contributed by atoms with Gasteiger partial charge in [-0.2, -0.15) is 4.39 Å². The highest BCUT2D eigenvalue weighted by atomic mass is 19.1. The summed E-state index contributed by atoms with van der Waals surface area (Å²) >= 11 is 0. The van der Waals surface area contributed by atoms with Crippen LogP contribution in [0, 0.1) is 5.95 Å². The van der Waals surface area contributed by atoms with Crippen LogP contribution in [0.3, 0.4) is 0 Å². The first-order valence-electron chi connectivity index (χ1n) is 10.9. The van der Waals surface area contributed by atoms with Crippen LogP contribution in [0.5, 0.6) is 11.6 Å². The van der Waals surface area contributed by atoms with Crippen LogP contribution in [0.25, 0.3) is 11.1 Å². The van der Waals surface area contributed by atoms with Crippen LogP contribution in [-0.4, -0.2) is 48.3 Å². The van der Waals surface area contributed by atoms with Gasteiger partial charge < -0.3 is 19.1 Å². The van der Waals surface area contributed by atoms with E-state index in [0.717, 1.165) is 29.9 Å². The molecule has 33 heavy (non-hydrogen) atoms. The van der Waals surface area contributed by atoms with E-state index in [4.69, 9.17) is 19.2 Å². The van der Waals surface area contributed by atoms with Crippen molar-refractivity contribution < 1.29 is 18.6 Å². The normalized spacial score (nSPS) is 22.5. The van der Waals surface area contributed by atoms with E-state index in [1.807, 2.05) is 24.4 Å². The zero-order chi connectivity index (χ0) is 22.6. The van der Waals surface area contributed by atoms with Crippen LogP contribution < -0.4 is 9.64 Å². The van der Waals surface area contributed by atoms with Crippen molar-refractivity contribution >= 4 is 12.1 Å². The highest BCUT2D eigenvalue weighted by molar-refractivity contribution is 5.71. The van der Waals surface area contributed by atoms with Gasteiger partial charge in [-0.25, -0.2) is 15.0 Å². The number of ether oxygens (including phenoxy) is 3.